The highest BCUT2D eigenvalue weighted by Crippen LogP contribution is 2.36. The van der Waals surface area contributed by atoms with Crippen LogP contribution in [0.2, 0.25) is 0 Å². The number of nitrogens with one attached hydrogen (secondary N) is 1. The Bertz CT molecular complexity index is 798. The molecule has 26 heavy (non-hydrogen) atoms. The minimum atomic E-state index is -4.67. The Morgan fingerprint density at radius 3 is 2.54 bits per heavy atom. The zero-order chi connectivity index (χ0) is 19.5. The average molecular weight is 412 g/mol. The van der Waals surface area contributed by atoms with E-state index in [1.807, 2.05) is 6.20 Å². The molecule has 2 heterocycles. The van der Waals surface area contributed by atoms with E-state index in [9.17, 15) is 8.42 Å². The monoisotopic (exact) mass is 411 g/mol. The second-order valence-corrected chi connectivity index (χ2v) is 9.27. The summed E-state index contributed by atoms with van der Waals surface area (Å²) in [5.74, 6) is 0.838. The first-order valence-electron chi connectivity index (χ1n) is 8.25. The third-order valence-electron chi connectivity index (χ3n) is 4.77. The molecule has 1 saturated heterocycles. The molecule has 1 aromatic heterocycles. The van der Waals surface area contributed by atoms with E-state index in [1.54, 1.807) is 0 Å². The van der Waals surface area contributed by atoms with Gasteiger partial charge in [0.1, 0.15) is 0 Å². The molecule has 10 nitrogen and oxygen atoms in total. The lowest BCUT2D eigenvalue weighted by Gasteiger charge is -2.46. The molecule has 0 radical (unpaired) electrons. The maximum Gasteiger partial charge on any atom is 0.394 e. The third kappa shape index (κ3) is 6.59. The first kappa shape index (κ1) is 21.3. The number of hydrogen-bond donors (Lipinski definition) is 3. The van der Waals surface area contributed by atoms with E-state index in [-0.39, 0.29) is 5.92 Å². The fourth-order valence-electron chi connectivity index (χ4n) is 3.82. The number of rotatable bonds is 4. The first-order chi connectivity index (χ1) is 12.0. The van der Waals surface area contributed by atoms with Gasteiger partial charge in [0, 0.05) is 18.3 Å². The summed E-state index contributed by atoms with van der Waals surface area (Å²) in [6, 6.07) is 0.551. The largest absolute Gasteiger partial charge is 0.394 e. The zero-order valence-electron chi connectivity index (χ0n) is 14.7. The molecular weight excluding hydrogens is 386 g/mol. The fourth-order valence-corrected chi connectivity index (χ4v) is 4.26. The quantitative estimate of drug-likeness (QED) is 0.465. The molecule has 0 aromatic carbocycles. The number of likely N-dealkylation sites (tertiary alicyclic amines) is 1. The average Bonchev–Trinajstić information content (AvgIpc) is 2.94. The molecule has 0 spiro atoms. The SMILES string of the molecule is CCN1C[C@H](COS(C)(=O)=O)C[C@@H]2Cc3[nH]ncc3CC21.O=S(=O)(O)O. The number of hydrogen-bond acceptors (Lipinski definition) is 7. The summed E-state index contributed by atoms with van der Waals surface area (Å²) in [6.07, 6.45) is 6.14. The highest BCUT2D eigenvalue weighted by molar-refractivity contribution is 7.86. The van der Waals surface area contributed by atoms with Gasteiger partial charge in [-0.25, -0.2) is 0 Å². The summed E-state index contributed by atoms with van der Waals surface area (Å²) in [5, 5.41) is 7.25. The lowest BCUT2D eigenvalue weighted by molar-refractivity contribution is 0.0362. The predicted octanol–water partition coefficient (Wildman–Crippen LogP) is 0.158. The highest BCUT2D eigenvalue weighted by Gasteiger charge is 2.39. The normalized spacial score (nSPS) is 26.4. The molecule has 1 aliphatic carbocycles. The molecule has 2 aliphatic rings. The Balaban J connectivity index is 0.000000431. The van der Waals surface area contributed by atoms with Crippen molar-refractivity contribution in [1.82, 2.24) is 15.1 Å². The van der Waals surface area contributed by atoms with Gasteiger partial charge in [-0.15, -0.1) is 0 Å². The molecule has 1 aliphatic heterocycles. The van der Waals surface area contributed by atoms with Crippen molar-refractivity contribution >= 4 is 20.5 Å². The number of aromatic nitrogens is 2. The molecule has 150 valence electrons. The van der Waals surface area contributed by atoms with E-state index in [0.29, 0.717) is 18.6 Å². The van der Waals surface area contributed by atoms with Gasteiger partial charge in [0.2, 0.25) is 0 Å². The topological polar surface area (TPSA) is 150 Å². The van der Waals surface area contributed by atoms with Crippen molar-refractivity contribution in [2.45, 2.75) is 32.2 Å². The van der Waals surface area contributed by atoms with Crippen LogP contribution in [-0.4, -0.2) is 73.0 Å². The van der Waals surface area contributed by atoms with Gasteiger partial charge in [-0.05, 0) is 43.2 Å². The van der Waals surface area contributed by atoms with E-state index < -0.39 is 20.5 Å². The van der Waals surface area contributed by atoms with Gasteiger partial charge in [-0.1, -0.05) is 6.92 Å². The van der Waals surface area contributed by atoms with Gasteiger partial charge in [0.15, 0.2) is 0 Å². The summed E-state index contributed by atoms with van der Waals surface area (Å²) >= 11 is 0. The van der Waals surface area contributed by atoms with Crippen molar-refractivity contribution < 1.29 is 30.1 Å². The summed E-state index contributed by atoms with van der Waals surface area (Å²) < 4.78 is 59.0. The van der Waals surface area contributed by atoms with Crippen molar-refractivity contribution in [1.29, 1.82) is 0 Å². The minimum absolute atomic E-state index is 0.283. The molecule has 0 amide bonds. The van der Waals surface area contributed by atoms with E-state index in [1.165, 1.54) is 11.3 Å². The minimum Gasteiger partial charge on any atom is -0.300 e. The Morgan fingerprint density at radius 1 is 1.31 bits per heavy atom. The fraction of sp³-hybridized carbons (Fsp3) is 0.786. The van der Waals surface area contributed by atoms with Crippen LogP contribution in [0, 0.1) is 11.8 Å². The van der Waals surface area contributed by atoms with Crippen LogP contribution >= 0.6 is 0 Å². The molecule has 3 N–H and O–H groups in total. The molecule has 0 saturated carbocycles. The predicted molar refractivity (Wildman–Crippen MR) is 93.6 cm³/mol. The molecule has 12 heteroatoms. The summed E-state index contributed by atoms with van der Waals surface area (Å²) in [7, 11) is -8.02. The second kappa shape index (κ2) is 8.31. The molecule has 0 bridgehead atoms. The van der Waals surface area contributed by atoms with Gasteiger partial charge in [-0.3, -0.25) is 23.3 Å². The van der Waals surface area contributed by atoms with E-state index in [0.717, 1.165) is 38.6 Å². The van der Waals surface area contributed by atoms with E-state index in [2.05, 4.69) is 22.0 Å². The maximum atomic E-state index is 11.2. The Kier molecular flexibility index (Phi) is 6.80. The lowest BCUT2D eigenvalue weighted by Crippen LogP contribution is -2.52. The molecule has 1 aromatic rings. The highest BCUT2D eigenvalue weighted by atomic mass is 32.3. The second-order valence-electron chi connectivity index (χ2n) is 6.74. The van der Waals surface area contributed by atoms with Gasteiger partial charge >= 0.3 is 10.4 Å². The Morgan fingerprint density at radius 2 is 1.96 bits per heavy atom. The molecule has 1 unspecified atom stereocenters. The number of piperidine rings is 1. The standard InChI is InChI=1S/C14H23N3O3S.H2O4S/c1-3-17-8-10(9-20-21(2,18)19)4-11-5-13-12(6-14(11)17)7-15-16-13;1-5(2,3)4/h7,10-11,14H,3-6,8-9H2,1-2H3,(H,15,16);(H2,1,2,3,4)/t10-,11-,14?;/m1./s1. The molecule has 3 rings (SSSR count). The number of H-pyrrole nitrogens is 1. The van der Waals surface area contributed by atoms with Crippen molar-refractivity contribution in [3.63, 3.8) is 0 Å². The van der Waals surface area contributed by atoms with Crippen LogP contribution in [0.3, 0.4) is 0 Å². The molecule has 1 fully saturated rings. The zero-order valence-corrected chi connectivity index (χ0v) is 16.3. The van der Waals surface area contributed by atoms with Crippen LogP contribution in [0.1, 0.15) is 24.6 Å². The Hall–Kier alpha value is -1.05. The summed E-state index contributed by atoms with van der Waals surface area (Å²) in [5.41, 5.74) is 2.58. The lowest BCUT2D eigenvalue weighted by atomic mass is 9.74. The summed E-state index contributed by atoms with van der Waals surface area (Å²) in [4.78, 5) is 2.47. The number of aromatic amines is 1. The third-order valence-corrected chi connectivity index (χ3v) is 5.33. The maximum absolute atomic E-state index is 11.2. The number of fused-ring (bicyclic) bond motifs is 2. The van der Waals surface area contributed by atoms with Crippen molar-refractivity contribution in [3.05, 3.63) is 17.5 Å². The van der Waals surface area contributed by atoms with Crippen LogP contribution < -0.4 is 0 Å². The van der Waals surface area contributed by atoms with E-state index >= 15 is 0 Å². The van der Waals surface area contributed by atoms with Crippen LogP contribution in [-0.2, 0) is 37.5 Å². The van der Waals surface area contributed by atoms with Crippen molar-refractivity contribution in [2.24, 2.45) is 11.8 Å². The van der Waals surface area contributed by atoms with Crippen LogP contribution in [0.25, 0.3) is 0 Å². The van der Waals surface area contributed by atoms with Gasteiger partial charge in [-0.2, -0.15) is 21.9 Å². The summed E-state index contributed by atoms with van der Waals surface area (Å²) in [6.45, 7) is 4.38. The van der Waals surface area contributed by atoms with Crippen molar-refractivity contribution in [3.8, 4) is 0 Å². The van der Waals surface area contributed by atoms with Crippen LogP contribution in [0.15, 0.2) is 6.20 Å². The smallest absolute Gasteiger partial charge is 0.300 e. The Labute approximate surface area is 153 Å². The number of likely N-dealkylation sites (N-methyl/N-ethyl adjacent to an activating group) is 1. The first-order valence-corrected chi connectivity index (χ1v) is 11.5. The van der Waals surface area contributed by atoms with E-state index in [4.69, 9.17) is 21.7 Å². The van der Waals surface area contributed by atoms with Gasteiger partial charge in [0.05, 0.1) is 19.1 Å². The molecule has 3 atom stereocenters. The van der Waals surface area contributed by atoms with Crippen LogP contribution in [0.4, 0.5) is 0 Å². The molecular formula is C14H25N3O7S2. The van der Waals surface area contributed by atoms with Gasteiger partial charge in [0.25, 0.3) is 10.1 Å². The van der Waals surface area contributed by atoms with Crippen LogP contribution in [0.5, 0.6) is 0 Å². The van der Waals surface area contributed by atoms with Gasteiger partial charge < -0.3 is 0 Å². The number of nitrogens with zero attached hydrogens (tertiary/aromatic N) is 2. The van der Waals surface area contributed by atoms with Crippen molar-refractivity contribution in [2.75, 3.05) is 26.0 Å².